The number of rotatable bonds is 3. The summed E-state index contributed by atoms with van der Waals surface area (Å²) in [6.07, 6.45) is 1.10. The average molecular weight is 307 g/mol. The Morgan fingerprint density at radius 3 is 2.72 bits per heavy atom. The van der Waals surface area contributed by atoms with Crippen molar-refractivity contribution >= 4 is 52.1 Å². The van der Waals surface area contributed by atoms with E-state index in [-0.39, 0.29) is 27.5 Å². The van der Waals surface area contributed by atoms with E-state index in [1.54, 1.807) is 0 Å². The molecule has 98 valence electrons. The smallest absolute Gasteiger partial charge is 0.226 e. The fraction of sp³-hybridized carbons (Fsp3) is 0.273. The van der Waals surface area contributed by atoms with Crippen molar-refractivity contribution in [3.8, 4) is 5.75 Å². The summed E-state index contributed by atoms with van der Waals surface area (Å²) in [7, 11) is 0. The molecular formula is C11H12Cl2N2O2S. The van der Waals surface area contributed by atoms with Gasteiger partial charge in [-0.25, -0.2) is 0 Å². The number of carbonyl (C=O) groups excluding carboxylic acids is 1. The van der Waals surface area contributed by atoms with Crippen LogP contribution >= 0.6 is 35.4 Å². The zero-order valence-electron chi connectivity index (χ0n) is 9.59. The van der Waals surface area contributed by atoms with Crippen LogP contribution in [0.15, 0.2) is 12.1 Å². The molecule has 0 saturated carbocycles. The Morgan fingerprint density at radius 1 is 1.44 bits per heavy atom. The molecule has 0 radical (unpaired) electrons. The molecule has 1 rings (SSSR count). The fourth-order valence-electron chi connectivity index (χ4n) is 1.23. The van der Waals surface area contributed by atoms with E-state index in [2.05, 4.69) is 10.6 Å². The molecule has 0 aliphatic heterocycles. The molecule has 1 amide bonds. The topological polar surface area (TPSA) is 61.4 Å². The maximum absolute atomic E-state index is 11.3. The number of nitrogens with one attached hydrogen (secondary N) is 2. The molecule has 4 nitrogen and oxygen atoms in total. The maximum atomic E-state index is 11.3. The number of amides is 1. The minimum Gasteiger partial charge on any atom is -0.504 e. The van der Waals surface area contributed by atoms with Crippen LogP contribution < -0.4 is 10.6 Å². The predicted octanol–water partition coefficient (Wildman–Crippen LogP) is 3.31. The lowest BCUT2D eigenvalue weighted by atomic mass is 10.3. The van der Waals surface area contributed by atoms with Gasteiger partial charge in [0.2, 0.25) is 5.91 Å². The lowest BCUT2D eigenvalue weighted by Crippen LogP contribution is -2.33. The van der Waals surface area contributed by atoms with Crippen LogP contribution in [0.1, 0.15) is 19.8 Å². The first-order chi connectivity index (χ1) is 8.43. The van der Waals surface area contributed by atoms with Crippen LogP contribution in [0.4, 0.5) is 5.69 Å². The van der Waals surface area contributed by atoms with Gasteiger partial charge in [-0.2, -0.15) is 0 Å². The SMILES string of the molecule is CCCC(=O)NC(=S)Nc1cc(Cl)cc(Cl)c1O. The summed E-state index contributed by atoms with van der Waals surface area (Å²) in [5.74, 6) is -0.365. The van der Waals surface area contributed by atoms with Crippen molar-refractivity contribution in [3.63, 3.8) is 0 Å². The van der Waals surface area contributed by atoms with Gasteiger partial charge in [0.25, 0.3) is 0 Å². The quantitative estimate of drug-likeness (QED) is 0.592. The summed E-state index contributed by atoms with van der Waals surface area (Å²) in [6, 6.07) is 2.86. The van der Waals surface area contributed by atoms with Crippen LogP contribution in [0.3, 0.4) is 0 Å². The molecule has 0 heterocycles. The molecule has 18 heavy (non-hydrogen) atoms. The molecule has 0 atom stereocenters. The highest BCUT2D eigenvalue weighted by atomic mass is 35.5. The number of hydrogen-bond acceptors (Lipinski definition) is 3. The third-order valence-corrected chi connectivity index (χ3v) is 2.72. The molecule has 1 aromatic carbocycles. The summed E-state index contributed by atoms with van der Waals surface area (Å²) in [5.41, 5.74) is 0.245. The molecule has 0 fully saturated rings. The molecule has 0 unspecified atom stereocenters. The highest BCUT2D eigenvalue weighted by Crippen LogP contribution is 2.34. The molecule has 1 aromatic rings. The first kappa shape index (κ1) is 15.0. The number of halogens is 2. The van der Waals surface area contributed by atoms with E-state index in [0.717, 1.165) is 6.42 Å². The number of hydrogen-bond donors (Lipinski definition) is 3. The van der Waals surface area contributed by atoms with Gasteiger partial charge in [-0.05, 0) is 30.8 Å². The Morgan fingerprint density at radius 2 is 2.11 bits per heavy atom. The zero-order chi connectivity index (χ0) is 13.7. The highest BCUT2D eigenvalue weighted by Gasteiger charge is 2.10. The monoisotopic (exact) mass is 306 g/mol. The molecule has 0 bridgehead atoms. The first-order valence-corrected chi connectivity index (χ1v) is 6.39. The van der Waals surface area contributed by atoms with E-state index >= 15 is 0 Å². The van der Waals surface area contributed by atoms with Crippen LogP contribution in [-0.2, 0) is 4.79 Å². The Hall–Kier alpha value is -1.04. The van der Waals surface area contributed by atoms with Gasteiger partial charge in [0.1, 0.15) is 0 Å². The molecule has 0 aromatic heterocycles. The molecule has 7 heteroatoms. The second-order valence-electron chi connectivity index (χ2n) is 3.54. The van der Waals surface area contributed by atoms with Gasteiger partial charge in [0.05, 0.1) is 10.7 Å². The van der Waals surface area contributed by atoms with Crippen molar-refractivity contribution in [1.29, 1.82) is 0 Å². The second-order valence-corrected chi connectivity index (χ2v) is 4.79. The van der Waals surface area contributed by atoms with E-state index in [1.165, 1.54) is 12.1 Å². The van der Waals surface area contributed by atoms with Crippen molar-refractivity contribution in [2.45, 2.75) is 19.8 Å². The largest absolute Gasteiger partial charge is 0.504 e. The average Bonchev–Trinajstić information content (AvgIpc) is 2.25. The Labute approximate surface area is 120 Å². The van der Waals surface area contributed by atoms with E-state index in [1.807, 2.05) is 6.92 Å². The first-order valence-electron chi connectivity index (χ1n) is 5.23. The summed E-state index contributed by atoms with van der Waals surface area (Å²) in [6.45, 7) is 1.89. The number of benzene rings is 1. The number of aromatic hydroxyl groups is 1. The van der Waals surface area contributed by atoms with Crippen molar-refractivity contribution in [2.75, 3.05) is 5.32 Å². The minimum absolute atomic E-state index is 0.0853. The van der Waals surface area contributed by atoms with Crippen LogP contribution in [0.5, 0.6) is 5.75 Å². The molecule has 0 aliphatic carbocycles. The summed E-state index contributed by atoms with van der Waals surface area (Å²) < 4.78 is 0. The van der Waals surface area contributed by atoms with Crippen molar-refractivity contribution in [2.24, 2.45) is 0 Å². The van der Waals surface area contributed by atoms with Crippen molar-refractivity contribution in [1.82, 2.24) is 5.32 Å². The summed E-state index contributed by atoms with van der Waals surface area (Å²) in [4.78, 5) is 11.3. The standard InChI is InChI=1S/C11H12Cl2N2O2S/c1-2-3-9(16)15-11(18)14-8-5-6(12)4-7(13)10(8)17/h4-5,17H,2-3H2,1H3,(H2,14,15,16,18). The van der Waals surface area contributed by atoms with Crippen molar-refractivity contribution < 1.29 is 9.90 Å². The van der Waals surface area contributed by atoms with E-state index in [0.29, 0.717) is 11.4 Å². The molecular weight excluding hydrogens is 295 g/mol. The highest BCUT2D eigenvalue weighted by molar-refractivity contribution is 7.80. The fourth-order valence-corrected chi connectivity index (χ4v) is 1.95. The van der Waals surface area contributed by atoms with Crippen LogP contribution in [-0.4, -0.2) is 16.1 Å². The number of thiocarbonyl (C=S) groups is 1. The minimum atomic E-state index is -0.192. The van der Waals surface area contributed by atoms with Gasteiger partial charge in [-0.1, -0.05) is 30.1 Å². The van der Waals surface area contributed by atoms with E-state index in [4.69, 9.17) is 35.4 Å². The maximum Gasteiger partial charge on any atom is 0.226 e. The van der Waals surface area contributed by atoms with E-state index in [9.17, 15) is 9.90 Å². The molecule has 3 N–H and O–H groups in total. The Balaban J connectivity index is 2.73. The van der Waals surface area contributed by atoms with E-state index < -0.39 is 0 Å². The van der Waals surface area contributed by atoms with Gasteiger partial charge in [0.15, 0.2) is 10.9 Å². The zero-order valence-corrected chi connectivity index (χ0v) is 11.9. The molecule has 0 spiro atoms. The predicted molar refractivity (Wildman–Crippen MR) is 77.4 cm³/mol. The van der Waals surface area contributed by atoms with Gasteiger partial charge >= 0.3 is 0 Å². The number of carbonyl (C=O) groups is 1. The van der Waals surface area contributed by atoms with Gasteiger partial charge in [0, 0.05) is 11.4 Å². The van der Waals surface area contributed by atoms with Crippen molar-refractivity contribution in [3.05, 3.63) is 22.2 Å². The Kier molecular flexibility index (Phi) is 5.65. The van der Waals surface area contributed by atoms with Gasteiger partial charge < -0.3 is 15.7 Å². The lowest BCUT2D eigenvalue weighted by molar-refractivity contribution is -0.119. The number of phenols is 1. The number of phenolic OH excluding ortho intramolecular Hbond substituents is 1. The lowest BCUT2D eigenvalue weighted by Gasteiger charge is -2.11. The third-order valence-electron chi connectivity index (χ3n) is 2.01. The third kappa shape index (κ3) is 4.33. The normalized spacial score (nSPS) is 9.94. The molecule has 0 saturated heterocycles. The summed E-state index contributed by atoms with van der Waals surface area (Å²) in [5, 5.41) is 15.4. The molecule has 0 aliphatic rings. The number of anilines is 1. The second kappa shape index (κ2) is 6.78. The Bertz CT molecular complexity index is 480. The van der Waals surface area contributed by atoms with Crippen LogP contribution in [0.25, 0.3) is 0 Å². The van der Waals surface area contributed by atoms with Crippen LogP contribution in [0, 0.1) is 0 Å². The van der Waals surface area contributed by atoms with Gasteiger partial charge in [-0.3, -0.25) is 4.79 Å². The summed E-state index contributed by atoms with van der Waals surface area (Å²) >= 11 is 16.5. The van der Waals surface area contributed by atoms with Gasteiger partial charge in [-0.15, -0.1) is 0 Å². The van der Waals surface area contributed by atoms with Crippen LogP contribution in [0.2, 0.25) is 10.0 Å².